The zero-order chi connectivity index (χ0) is 31.5. The largest absolute Gasteiger partial charge is 0.497 e. The molecular weight excluding hydrogens is 613 g/mol. The minimum absolute atomic E-state index is 0.0151. The first kappa shape index (κ1) is 29.3. The molecule has 0 bridgehead atoms. The van der Waals surface area contributed by atoms with E-state index in [1.54, 1.807) is 45.2 Å². The van der Waals surface area contributed by atoms with Crippen molar-refractivity contribution in [1.29, 1.82) is 0 Å². The molecule has 8 rings (SSSR count). The lowest BCUT2D eigenvalue weighted by Crippen LogP contribution is -2.30. The van der Waals surface area contributed by atoms with Crippen LogP contribution >= 0.6 is 22.7 Å². The highest BCUT2D eigenvalue weighted by molar-refractivity contribution is 7.19. The molecule has 234 valence electrons. The Labute approximate surface area is 275 Å². The first-order valence-corrected chi connectivity index (χ1v) is 17.8. The van der Waals surface area contributed by atoms with Crippen molar-refractivity contribution in [2.24, 2.45) is 5.92 Å². The fraction of sp³-hybridized carbons (Fsp3) is 0.351. The second kappa shape index (κ2) is 11.6. The number of hydrogen-bond acceptors (Lipinski definition) is 7. The van der Waals surface area contributed by atoms with E-state index < -0.39 is 0 Å². The Morgan fingerprint density at radius 2 is 1.63 bits per heavy atom. The fourth-order valence-electron chi connectivity index (χ4n) is 7.46. The molecule has 2 aliphatic carbocycles. The van der Waals surface area contributed by atoms with Gasteiger partial charge in [0.15, 0.2) is 0 Å². The van der Waals surface area contributed by atoms with E-state index in [1.165, 1.54) is 26.4 Å². The Morgan fingerprint density at radius 3 is 2.41 bits per heavy atom. The van der Waals surface area contributed by atoms with Gasteiger partial charge in [-0.2, -0.15) is 0 Å². The molecule has 7 nitrogen and oxygen atoms in total. The SMILES string of the molecule is COc1ccc(-c2nc3sc4c(c3c(=O)n2CCn2cnc3sc5c(c3c2=O)CCCC5)C(c2ccc(C)cc2)C(C)CC4)cc1. The van der Waals surface area contributed by atoms with E-state index in [-0.39, 0.29) is 17.0 Å². The summed E-state index contributed by atoms with van der Waals surface area (Å²) in [5.41, 5.74) is 5.56. The van der Waals surface area contributed by atoms with E-state index >= 15 is 0 Å². The maximum atomic E-state index is 14.8. The third-order valence-electron chi connectivity index (χ3n) is 9.92. The van der Waals surface area contributed by atoms with Gasteiger partial charge in [-0.05, 0) is 92.3 Å². The molecule has 0 spiro atoms. The molecule has 6 aromatic rings. The van der Waals surface area contributed by atoms with Gasteiger partial charge in [-0.3, -0.25) is 18.7 Å². The summed E-state index contributed by atoms with van der Waals surface area (Å²) < 4.78 is 8.87. The first-order chi connectivity index (χ1) is 22.4. The number of thiophene rings is 2. The zero-order valence-corrected chi connectivity index (χ0v) is 28.0. The normalized spacial score (nSPS) is 17.7. The lowest BCUT2D eigenvalue weighted by Gasteiger charge is -2.30. The van der Waals surface area contributed by atoms with Crippen molar-refractivity contribution in [2.75, 3.05) is 7.11 Å². The summed E-state index contributed by atoms with van der Waals surface area (Å²) in [6.45, 7) is 5.03. The van der Waals surface area contributed by atoms with Crippen LogP contribution in [0.2, 0.25) is 0 Å². The summed E-state index contributed by atoms with van der Waals surface area (Å²) in [6, 6.07) is 16.4. The molecular formula is C37H36N4O3S2. The van der Waals surface area contributed by atoms with Crippen LogP contribution in [-0.2, 0) is 32.4 Å². The minimum atomic E-state index is -0.0467. The molecule has 2 aromatic carbocycles. The lowest BCUT2D eigenvalue weighted by molar-refractivity contribution is 0.415. The number of methoxy groups -OCH3 is 1. The quantitative estimate of drug-likeness (QED) is 0.187. The van der Waals surface area contributed by atoms with Crippen LogP contribution in [-0.4, -0.2) is 26.2 Å². The Hall–Kier alpha value is -4.08. The summed E-state index contributed by atoms with van der Waals surface area (Å²) in [5.74, 6) is 1.88. The molecule has 0 saturated heterocycles. The number of ether oxygens (including phenoxy) is 1. The van der Waals surface area contributed by atoms with Gasteiger partial charge in [0.25, 0.3) is 11.1 Å². The first-order valence-electron chi connectivity index (χ1n) is 16.2. The van der Waals surface area contributed by atoms with Crippen molar-refractivity contribution in [3.05, 3.63) is 108 Å². The number of nitrogens with zero attached hydrogens (tertiary/aromatic N) is 4. The smallest absolute Gasteiger partial charge is 0.262 e. The number of benzene rings is 2. The Bertz CT molecular complexity index is 2220. The molecule has 46 heavy (non-hydrogen) atoms. The summed E-state index contributed by atoms with van der Waals surface area (Å²) >= 11 is 3.32. The van der Waals surface area contributed by atoms with E-state index in [0.717, 1.165) is 75.8 Å². The molecule has 2 aliphatic rings. The Kier molecular flexibility index (Phi) is 7.41. The summed E-state index contributed by atoms with van der Waals surface area (Å²) in [4.78, 5) is 42.7. The summed E-state index contributed by atoms with van der Waals surface area (Å²) in [7, 11) is 1.64. The molecule has 0 N–H and O–H groups in total. The number of fused-ring (bicyclic) bond motifs is 6. The van der Waals surface area contributed by atoms with E-state index in [1.807, 2.05) is 24.3 Å². The predicted octanol–water partition coefficient (Wildman–Crippen LogP) is 7.51. The minimum Gasteiger partial charge on any atom is -0.497 e. The number of hydrogen-bond donors (Lipinski definition) is 0. The van der Waals surface area contributed by atoms with Gasteiger partial charge < -0.3 is 4.74 Å². The third-order valence-corrected chi connectivity index (χ3v) is 12.3. The van der Waals surface area contributed by atoms with Crippen molar-refractivity contribution >= 4 is 43.1 Å². The molecule has 0 saturated carbocycles. The van der Waals surface area contributed by atoms with Crippen molar-refractivity contribution in [3.8, 4) is 17.1 Å². The van der Waals surface area contributed by atoms with Gasteiger partial charge in [0.2, 0.25) is 0 Å². The van der Waals surface area contributed by atoms with Gasteiger partial charge in [0, 0.05) is 34.3 Å². The van der Waals surface area contributed by atoms with Gasteiger partial charge >= 0.3 is 0 Å². The Morgan fingerprint density at radius 1 is 0.870 bits per heavy atom. The van der Waals surface area contributed by atoms with Crippen LogP contribution in [0.3, 0.4) is 0 Å². The van der Waals surface area contributed by atoms with E-state index in [2.05, 4.69) is 38.1 Å². The highest BCUT2D eigenvalue weighted by Gasteiger charge is 2.34. The molecule has 2 atom stereocenters. The maximum absolute atomic E-state index is 14.8. The van der Waals surface area contributed by atoms with Crippen molar-refractivity contribution in [3.63, 3.8) is 0 Å². The third kappa shape index (κ3) is 4.83. The molecule has 0 aliphatic heterocycles. The molecule has 4 heterocycles. The number of aryl methyl sites for hydroxylation is 5. The fourth-order valence-corrected chi connectivity index (χ4v) is 9.90. The van der Waals surface area contributed by atoms with Crippen LogP contribution in [0.5, 0.6) is 5.75 Å². The van der Waals surface area contributed by atoms with Gasteiger partial charge in [-0.15, -0.1) is 22.7 Å². The molecule has 4 aromatic heterocycles. The van der Waals surface area contributed by atoms with Crippen LogP contribution in [0.4, 0.5) is 0 Å². The summed E-state index contributed by atoms with van der Waals surface area (Å²) in [5, 5.41) is 1.49. The molecule has 9 heteroatoms. The predicted molar refractivity (Wildman–Crippen MR) is 187 cm³/mol. The highest BCUT2D eigenvalue weighted by Crippen LogP contribution is 2.47. The van der Waals surface area contributed by atoms with Crippen LogP contribution in [0.25, 0.3) is 31.8 Å². The van der Waals surface area contributed by atoms with Gasteiger partial charge in [0.1, 0.15) is 21.2 Å². The van der Waals surface area contributed by atoms with E-state index in [9.17, 15) is 9.59 Å². The van der Waals surface area contributed by atoms with Crippen LogP contribution < -0.4 is 15.9 Å². The summed E-state index contributed by atoms with van der Waals surface area (Å²) in [6.07, 6.45) is 7.89. The molecule has 0 amide bonds. The van der Waals surface area contributed by atoms with Crippen LogP contribution in [0.1, 0.15) is 64.1 Å². The van der Waals surface area contributed by atoms with Crippen molar-refractivity contribution < 1.29 is 4.74 Å². The zero-order valence-electron chi connectivity index (χ0n) is 26.3. The second-order valence-electron chi connectivity index (χ2n) is 12.8. The van der Waals surface area contributed by atoms with E-state index in [4.69, 9.17) is 14.7 Å². The molecule has 0 radical (unpaired) electrons. The standard InChI is InChI=1S/C37H36N4O3S2/c1-21-8-11-23(12-9-21)29-22(2)10-17-28-31(29)32-35(46-28)39-33(24-13-15-25(44-3)16-14-24)41(37(32)43)19-18-40-20-38-34-30(36(40)42)26-6-4-5-7-27(26)45-34/h8-9,11-16,20,22,29H,4-7,10,17-19H2,1-3H3. The monoisotopic (exact) mass is 648 g/mol. The average molecular weight is 649 g/mol. The molecule has 2 unspecified atom stereocenters. The lowest BCUT2D eigenvalue weighted by atomic mass is 9.74. The van der Waals surface area contributed by atoms with Gasteiger partial charge in [-0.25, -0.2) is 9.97 Å². The Balaban J connectivity index is 1.28. The maximum Gasteiger partial charge on any atom is 0.262 e. The van der Waals surface area contributed by atoms with Gasteiger partial charge in [-0.1, -0.05) is 36.8 Å². The van der Waals surface area contributed by atoms with Crippen molar-refractivity contribution in [1.82, 2.24) is 19.1 Å². The average Bonchev–Trinajstić information content (AvgIpc) is 3.64. The van der Waals surface area contributed by atoms with Crippen LogP contribution in [0.15, 0.2) is 64.4 Å². The van der Waals surface area contributed by atoms with Gasteiger partial charge in [0.05, 0.1) is 24.2 Å². The topological polar surface area (TPSA) is 79.0 Å². The molecule has 0 fully saturated rings. The number of rotatable bonds is 6. The second-order valence-corrected chi connectivity index (χ2v) is 14.9. The highest BCUT2D eigenvalue weighted by atomic mass is 32.1. The van der Waals surface area contributed by atoms with Crippen molar-refractivity contribution in [2.45, 2.75) is 71.4 Å². The van der Waals surface area contributed by atoms with Crippen LogP contribution in [0, 0.1) is 12.8 Å². The van der Waals surface area contributed by atoms with E-state index in [0.29, 0.717) is 24.8 Å². The number of aromatic nitrogens is 4.